The van der Waals surface area contributed by atoms with Crippen molar-refractivity contribution in [3.8, 4) is 22.9 Å². The van der Waals surface area contributed by atoms with Crippen LogP contribution in [-0.2, 0) is 0 Å². The second kappa shape index (κ2) is 9.57. The van der Waals surface area contributed by atoms with Gasteiger partial charge in [0.25, 0.3) is 5.91 Å². The van der Waals surface area contributed by atoms with E-state index in [1.807, 2.05) is 30.3 Å². The fraction of sp³-hybridized carbons (Fsp3) is 0.0833. The van der Waals surface area contributed by atoms with E-state index in [9.17, 15) is 4.79 Å². The quantitative estimate of drug-likeness (QED) is 0.446. The van der Waals surface area contributed by atoms with Crippen LogP contribution in [0, 0.1) is 0 Å². The molecule has 4 aromatic rings. The predicted octanol–water partition coefficient (Wildman–Crippen LogP) is 4.55. The van der Waals surface area contributed by atoms with Crippen molar-refractivity contribution in [2.75, 3.05) is 24.9 Å². The van der Waals surface area contributed by atoms with E-state index >= 15 is 0 Å². The van der Waals surface area contributed by atoms with Crippen LogP contribution in [0.5, 0.6) is 11.5 Å². The summed E-state index contributed by atoms with van der Waals surface area (Å²) in [6.45, 7) is 0. The summed E-state index contributed by atoms with van der Waals surface area (Å²) < 4.78 is 10.4. The van der Waals surface area contributed by atoms with Crippen LogP contribution >= 0.6 is 0 Å². The average Bonchev–Trinajstić information content (AvgIpc) is 2.85. The molecule has 0 fully saturated rings. The van der Waals surface area contributed by atoms with Crippen LogP contribution in [0.1, 0.15) is 10.4 Å². The van der Waals surface area contributed by atoms with E-state index in [4.69, 9.17) is 9.47 Å². The second-order valence-electron chi connectivity index (χ2n) is 6.74. The molecule has 32 heavy (non-hydrogen) atoms. The van der Waals surface area contributed by atoms with Crippen LogP contribution in [0.15, 0.2) is 79.1 Å². The molecule has 8 heteroatoms. The zero-order valence-electron chi connectivity index (χ0n) is 17.6. The molecule has 0 saturated carbocycles. The minimum atomic E-state index is -0.269. The van der Waals surface area contributed by atoms with Crippen LogP contribution in [-0.4, -0.2) is 35.1 Å². The highest BCUT2D eigenvalue weighted by Crippen LogP contribution is 2.24. The highest BCUT2D eigenvalue weighted by Gasteiger charge is 2.11. The Morgan fingerprint density at radius 1 is 0.781 bits per heavy atom. The van der Waals surface area contributed by atoms with Gasteiger partial charge in [-0.15, -0.1) is 0 Å². The molecule has 0 saturated heterocycles. The van der Waals surface area contributed by atoms with Gasteiger partial charge in [-0.25, -0.2) is 9.97 Å². The molecule has 0 radical (unpaired) electrons. The number of hydrogen-bond donors (Lipinski definition) is 2. The molecule has 160 valence electrons. The molecule has 2 heterocycles. The zero-order valence-corrected chi connectivity index (χ0v) is 17.6. The molecule has 2 N–H and O–H groups in total. The van der Waals surface area contributed by atoms with Crippen molar-refractivity contribution in [3.05, 3.63) is 84.7 Å². The lowest BCUT2D eigenvalue weighted by atomic mass is 10.1. The molecule has 2 aromatic carbocycles. The maximum atomic E-state index is 12.6. The maximum Gasteiger partial charge on any atom is 0.255 e. The summed E-state index contributed by atoms with van der Waals surface area (Å²) in [6, 6.07) is 19.7. The van der Waals surface area contributed by atoms with Crippen LogP contribution < -0.4 is 20.1 Å². The molecule has 0 aliphatic carbocycles. The van der Waals surface area contributed by atoms with Gasteiger partial charge in [-0.2, -0.15) is 0 Å². The molecule has 0 spiro atoms. The van der Waals surface area contributed by atoms with E-state index in [2.05, 4.69) is 25.6 Å². The highest BCUT2D eigenvalue weighted by atomic mass is 16.5. The first kappa shape index (κ1) is 20.8. The summed E-state index contributed by atoms with van der Waals surface area (Å²) in [6.07, 6.45) is 3.40. The number of aromatic nitrogens is 3. The molecule has 2 aromatic heterocycles. The second-order valence-corrected chi connectivity index (χ2v) is 6.74. The Kier molecular flexibility index (Phi) is 6.22. The van der Waals surface area contributed by atoms with Gasteiger partial charge in [-0.3, -0.25) is 9.78 Å². The van der Waals surface area contributed by atoms with E-state index in [0.717, 1.165) is 17.1 Å². The number of methoxy groups -OCH3 is 2. The van der Waals surface area contributed by atoms with Crippen LogP contribution in [0.2, 0.25) is 0 Å². The Morgan fingerprint density at radius 2 is 1.50 bits per heavy atom. The van der Waals surface area contributed by atoms with E-state index in [-0.39, 0.29) is 5.91 Å². The number of nitrogens with zero attached hydrogens (tertiary/aromatic N) is 3. The zero-order chi connectivity index (χ0) is 22.3. The average molecular weight is 427 g/mol. The number of pyridine rings is 1. The number of rotatable bonds is 7. The van der Waals surface area contributed by atoms with Gasteiger partial charge in [0.1, 0.15) is 11.5 Å². The summed E-state index contributed by atoms with van der Waals surface area (Å²) in [5.41, 5.74) is 3.35. The van der Waals surface area contributed by atoms with Crippen molar-refractivity contribution in [1.29, 1.82) is 0 Å². The number of carbonyl (C=O) groups is 1. The van der Waals surface area contributed by atoms with Gasteiger partial charge in [0.2, 0.25) is 5.95 Å². The van der Waals surface area contributed by atoms with Crippen molar-refractivity contribution in [3.63, 3.8) is 0 Å². The van der Waals surface area contributed by atoms with Gasteiger partial charge < -0.3 is 20.1 Å². The number of anilines is 3. The summed E-state index contributed by atoms with van der Waals surface area (Å²) >= 11 is 0. The molecule has 1 amide bonds. The topological polar surface area (TPSA) is 98.3 Å². The lowest BCUT2D eigenvalue weighted by Gasteiger charge is -2.10. The number of amides is 1. The van der Waals surface area contributed by atoms with Crippen LogP contribution in [0.4, 0.5) is 17.3 Å². The Labute approximate surface area is 185 Å². The first-order valence-electron chi connectivity index (χ1n) is 9.80. The molecule has 0 aliphatic rings. The summed E-state index contributed by atoms with van der Waals surface area (Å²) in [7, 11) is 3.08. The smallest absolute Gasteiger partial charge is 0.255 e. The minimum Gasteiger partial charge on any atom is -0.497 e. The van der Waals surface area contributed by atoms with E-state index in [1.54, 1.807) is 48.8 Å². The van der Waals surface area contributed by atoms with Crippen molar-refractivity contribution in [1.82, 2.24) is 15.0 Å². The van der Waals surface area contributed by atoms with Gasteiger partial charge in [-0.1, -0.05) is 6.07 Å². The van der Waals surface area contributed by atoms with Crippen molar-refractivity contribution >= 4 is 23.2 Å². The van der Waals surface area contributed by atoms with Gasteiger partial charge in [0.05, 0.1) is 25.6 Å². The molecule has 0 atom stereocenters. The lowest BCUT2D eigenvalue weighted by Crippen LogP contribution is -2.12. The number of nitrogens with one attached hydrogen (secondary N) is 2. The fourth-order valence-corrected chi connectivity index (χ4v) is 2.98. The van der Waals surface area contributed by atoms with E-state index in [1.165, 1.54) is 14.2 Å². The normalized spacial score (nSPS) is 10.3. The van der Waals surface area contributed by atoms with Crippen LogP contribution in [0.3, 0.4) is 0 Å². The number of benzene rings is 2. The third-order valence-electron chi connectivity index (χ3n) is 4.60. The van der Waals surface area contributed by atoms with Crippen molar-refractivity contribution in [2.24, 2.45) is 0 Å². The first-order valence-corrected chi connectivity index (χ1v) is 9.80. The third kappa shape index (κ3) is 4.99. The molecule has 0 aliphatic heterocycles. The first-order chi connectivity index (χ1) is 15.6. The third-order valence-corrected chi connectivity index (χ3v) is 4.60. The Morgan fingerprint density at radius 3 is 2.16 bits per heavy atom. The molecule has 4 rings (SSSR count). The van der Waals surface area contributed by atoms with Crippen LogP contribution in [0.25, 0.3) is 11.4 Å². The molecule has 0 unspecified atom stereocenters. The summed E-state index contributed by atoms with van der Waals surface area (Å²) in [5, 5.41) is 6.03. The summed E-state index contributed by atoms with van der Waals surface area (Å²) in [4.78, 5) is 25.7. The number of ether oxygens (including phenoxy) is 2. The van der Waals surface area contributed by atoms with Crippen molar-refractivity contribution < 1.29 is 14.3 Å². The van der Waals surface area contributed by atoms with E-state index in [0.29, 0.717) is 28.7 Å². The monoisotopic (exact) mass is 427 g/mol. The minimum absolute atomic E-state index is 0.269. The Balaban J connectivity index is 1.44. The lowest BCUT2D eigenvalue weighted by molar-refractivity contribution is 0.102. The number of hydrogen-bond acceptors (Lipinski definition) is 7. The van der Waals surface area contributed by atoms with Crippen molar-refractivity contribution in [2.45, 2.75) is 0 Å². The molecule has 8 nitrogen and oxygen atoms in total. The van der Waals surface area contributed by atoms with E-state index < -0.39 is 0 Å². The molecular formula is C24H21N5O3. The van der Waals surface area contributed by atoms with Gasteiger partial charge in [0, 0.05) is 35.4 Å². The van der Waals surface area contributed by atoms with Gasteiger partial charge in [0.15, 0.2) is 0 Å². The Hall–Kier alpha value is -4.46. The largest absolute Gasteiger partial charge is 0.497 e. The molecule has 0 bridgehead atoms. The number of carbonyl (C=O) groups excluding carboxylic acids is 1. The van der Waals surface area contributed by atoms with Gasteiger partial charge >= 0.3 is 0 Å². The fourth-order valence-electron chi connectivity index (χ4n) is 2.98. The highest BCUT2D eigenvalue weighted by molar-refractivity contribution is 6.04. The summed E-state index contributed by atoms with van der Waals surface area (Å²) in [5.74, 6) is 1.27. The molecular weight excluding hydrogens is 406 g/mol. The SMILES string of the molecule is COc1cc(OC)cc(C(=O)Nc2ccc(Nc3nccc(-c4ccccn4)n3)cc2)c1. The maximum absolute atomic E-state index is 12.6. The van der Waals surface area contributed by atoms with Gasteiger partial charge in [-0.05, 0) is 54.6 Å². The standard InChI is InChI=1S/C24H21N5O3/c1-31-19-13-16(14-20(15-19)32-2)23(30)27-17-6-8-18(9-7-17)28-24-26-12-10-22(29-24)21-5-3-4-11-25-21/h3-15H,1-2H3,(H,27,30)(H,26,28,29). The Bertz CT molecular complexity index is 1190. The predicted molar refractivity (Wildman–Crippen MR) is 122 cm³/mol.